The van der Waals surface area contributed by atoms with E-state index in [1.807, 2.05) is 45.0 Å². The minimum Gasteiger partial charge on any atom is -0.453 e. The van der Waals surface area contributed by atoms with Crippen molar-refractivity contribution in [3.8, 4) is 0 Å². The molecule has 0 bridgehead atoms. The van der Waals surface area contributed by atoms with Gasteiger partial charge < -0.3 is 39.9 Å². The van der Waals surface area contributed by atoms with Crippen LogP contribution in [0, 0.1) is 11.8 Å². The van der Waals surface area contributed by atoms with E-state index < -0.39 is 24.3 Å². The van der Waals surface area contributed by atoms with Crippen molar-refractivity contribution in [3.63, 3.8) is 0 Å². The Bertz CT molecular complexity index is 1810. The number of likely N-dealkylation sites (tertiary alicyclic amines) is 2. The van der Waals surface area contributed by atoms with Crippen LogP contribution in [0.2, 0.25) is 0 Å². The van der Waals surface area contributed by atoms with Gasteiger partial charge in [0.1, 0.15) is 17.9 Å². The Kier molecular flexibility index (Phi) is 14.7. The second kappa shape index (κ2) is 19.6. The van der Waals surface area contributed by atoms with Crippen LogP contribution in [0.15, 0.2) is 53.7 Å². The van der Waals surface area contributed by atoms with E-state index in [0.717, 1.165) is 88.1 Å². The number of rotatable bonds is 11. The molecule has 0 saturated carbocycles. The fraction of sp³-hybridized carbons (Fsp3) is 0.571. The summed E-state index contributed by atoms with van der Waals surface area (Å²) in [5, 5.41) is 5.30. The lowest BCUT2D eigenvalue weighted by Crippen LogP contribution is -2.51. The molecule has 2 aliphatic heterocycles. The first-order valence-corrected chi connectivity index (χ1v) is 20.1. The van der Waals surface area contributed by atoms with Crippen molar-refractivity contribution >= 4 is 35.1 Å². The van der Waals surface area contributed by atoms with Gasteiger partial charge in [-0.25, -0.2) is 19.6 Å². The van der Waals surface area contributed by atoms with Crippen molar-refractivity contribution in [3.05, 3.63) is 70.9 Å². The second-order valence-electron chi connectivity index (χ2n) is 15.5. The summed E-state index contributed by atoms with van der Waals surface area (Å²) in [7, 11) is 2.61. The molecular weight excluding hydrogens is 713 g/mol. The molecule has 56 heavy (non-hydrogen) atoms. The molecule has 2 aliphatic carbocycles. The highest BCUT2D eigenvalue weighted by Crippen LogP contribution is 2.39. The van der Waals surface area contributed by atoms with Crippen LogP contribution in [-0.2, 0) is 19.1 Å². The maximum atomic E-state index is 13.5. The molecule has 304 valence electrons. The number of hydrogen-bond donors (Lipinski definition) is 4. The van der Waals surface area contributed by atoms with Gasteiger partial charge in [0.15, 0.2) is 0 Å². The number of nitrogens with one attached hydrogen (secondary N) is 4. The highest BCUT2D eigenvalue weighted by atomic mass is 16.5. The SMILES string of the molecule is CCC1=C(C2=CC=C(c3cnc[nH]3)CC2)CCC(c2cnc(C3CCCN3C(=O)C(NC(=O)OC)C(C)C)[nH]2)=C1.COC(=O)NC(C(=O)N1CCCC1)C(C)C. The molecule has 0 aromatic carbocycles. The second-order valence-corrected chi connectivity index (χ2v) is 15.5. The first kappa shape index (κ1) is 42.0. The molecule has 3 unspecified atom stereocenters. The summed E-state index contributed by atoms with van der Waals surface area (Å²) in [4.78, 5) is 67.9. The van der Waals surface area contributed by atoms with Gasteiger partial charge in [-0.3, -0.25) is 9.59 Å². The molecule has 14 heteroatoms. The van der Waals surface area contributed by atoms with E-state index in [-0.39, 0.29) is 29.7 Å². The van der Waals surface area contributed by atoms with E-state index in [0.29, 0.717) is 6.54 Å². The van der Waals surface area contributed by atoms with Crippen molar-refractivity contribution < 1.29 is 28.7 Å². The quantitative estimate of drug-likeness (QED) is 0.192. The summed E-state index contributed by atoms with van der Waals surface area (Å²) in [6.07, 6.45) is 20.0. The molecule has 2 fully saturated rings. The Morgan fingerprint density at radius 1 is 0.804 bits per heavy atom. The normalized spacial score (nSPS) is 19.4. The molecule has 14 nitrogen and oxygen atoms in total. The Morgan fingerprint density at radius 2 is 1.43 bits per heavy atom. The minimum atomic E-state index is -0.640. The van der Waals surface area contributed by atoms with Gasteiger partial charge in [-0.2, -0.15) is 0 Å². The number of carbonyl (C=O) groups excluding carboxylic acids is 4. The van der Waals surface area contributed by atoms with Gasteiger partial charge in [0, 0.05) is 19.6 Å². The van der Waals surface area contributed by atoms with Crippen molar-refractivity contribution in [2.24, 2.45) is 11.8 Å². The number of carbonyl (C=O) groups is 4. The maximum absolute atomic E-state index is 13.5. The van der Waals surface area contributed by atoms with Crippen LogP contribution in [0.1, 0.15) is 116 Å². The third-order valence-corrected chi connectivity index (χ3v) is 11.1. The smallest absolute Gasteiger partial charge is 0.407 e. The summed E-state index contributed by atoms with van der Waals surface area (Å²) in [5.74, 6) is 0.712. The molecule has 4 heterocycles. The number of hydrogen-bond acceptors (Lipinski definition) is 8. The lowest BCUT2D eigenvalue weighted by molar-refractivity contribution is -0.135. The molecule has 3 atom stereocenters. The van der Waals surface area contributed by atoms with E-state index in [9.17, 15) is 19.2 Å². The molecule has 4 amide bonds. The van der Waals surface area contributed by atoms with Crippen LogP contribution in [0.25, 0.3) is 11.1 Å². The molecule has 4 N–H and O–H groups in total. The minimum absolute atomic E-state index is 0.00194. The zero-order valence-corrected chi connectivity index (χ0v) is 34.1. The predicted molar refractivity (Wildman–Crippen MR) is 215 cm³/mol. The van der Waals surface area contributed by atoms with Gasteiger partial charge in [0.2, 0.25) is 11.8 Å². The van der Waals surface area contributed by atoms with E-state index in [4.69, 9.17) is 9.72 Å². The molecular formula is C42H60N8O6. The zero-order valence-electron chi connectivity index (χ0n) is 34.1. The van der Waals surface area contributed by atoms with Crippen LogP contribution in [0.4, 0.5) is 9.59 Å². The van der Waals surface area contributed by atoms with Crippen molar-refractivity contribution in [2.45, 2.75) is 111 Å². The average molecular weight is 773 g/mol. The molecule has 4 aliphatic rings. The average Bonchev–Trinajstić information content (AvgIpc) is 4.06. The highest BCUT2D eigenvalue weighted by Gasteiger charge is 2.38. The standard InChI is InChI=1S/C31H40N6O3.C11H20N2O3/c1-5-20-15-23(12-13-24(20)21-8-10-22(11-9-21)25-16-32-18-34-25)26-17-33-29(35-26)27-7-6-14-37(27)30(38)28(19(2)3)36-31(39)40-4;1-8(2)9(12-11(15)16-3)10(14)13-6-4-5-7-13/h8,10,15-19,27-28H,5-7,9,11-14H2,1-4H3,(H,32,34)(H,33,35)(H,36,39);8-9H,4-7H2,1-3H3,(H,12,15). The van der Waals surface area contributed by atoms with Gasteiger partial charge >= 0.3 is 12.2 Å². The van der Waals surface area contributed by atoms with E-state index in [1.165, 1.54) is 42.1 Å². The summed E-state index contributed by atoms with van der Waals surface area (Å²) in [6.45, 7) is 12.1. The number of imidazole rings is 2. The number of nitrogens with zero attached hydrogens (tertiary/aromatic N) is 4. The van der Waals surface area contributed by atoms with E-state index >= 15 is 0 Å². The number of alkyl carbamates (subject to hydrolysis) is 2. The fourth-order valence-corrected chi connectivity index (χ4v) is 7.92. The number of ether oxygens (including phenoxy) is 2. The largest absolute Gasteiger partial charge is 0.453 e. The Balaban J connectivity index is 0.000000315. The summed E-state index contributed by atoms with van der Waals surface area (Å²) >= 11 is 0. The van der Waals surface area contributed by atoms with Gasteiger partial charge in [0.25, 0.3) is 0 Å². The number of amides is 4. The van der Waals surface area contributed by atoms with Gasteiger partial charge in [0.05, 0.1) is 50.4 Å². The van der Waals surface area contributed by atoms with Crippen LogP contribution in [-0.4, -0.2) is 99.7 Å². The van der Waals surface area contributed by atoms with E-state index in [1.54, 1.807) is 11.2 Å². The van der Waals surface area contributed by atoms with Crippen LogP contribution < -0.4 is 10.6 Å². The predicted octanol–water partition coefficient (Wildman–Crippen LogP) is 6.85. The zero-order chi connectivity index (χ0) is 40.4. The lowest BCUT2D eigenvalue weighted by atomic mass is 9.82. The summed E-state index contributed by atoms with van der Waals surface area (Å²) in [5.41, 5.74) is 8.96. The molecule has 2 aromatic rings. The number of methoxy groups -OCH3 is 2. The molecule has 0 spiro atoms. The third kappa shape index (κ3) is 10.2. The monoisotopic (exact) mass is 772 g/mol. The van der Waals surface area contributed by atoms with Crippen LogP contribution in [0.5, 0.6) is 0 Å². The molecule has 2 aromatic heterocycles. The molecule has 2 saturated heterocycles. The third-order valence-electron chi connectivity index (χ3n) is 11.1. The maximum Gasteiger partial charge on any atom is 0.407 e. The van der Waals surface area contributed by atoms with Crippen LogP contribution in [0.3, 0.4) is 0 Å². The summed E-state index contributed by atoms with van der Waals surface area (Å²) < 4.78 is 9.27. The van der Waals surface area contributed by atoms with Crippen LogP contribution >= 0.6 is 0 Å². The Morgan fingerprint density at radius 3 is 2.00 bits per heavy atom. The first-order valence-electron chi connectivity index (χ1n) is 20.1. The number of allylic oxidation sites excluding steroid dienone is 8. The Hall–Kier alpha value is -5.14. The topological polar surface area (TPSA) is 175 Å². The number of aromatic nitrogens is 4. The fourth-order valence-electron chi connectivity index (χ4n) is 7.92. The first-order chi connectivity index (χ1) is 26.9. The molecule has 6 rings (SSSR count). The van der Waals surface area contributed by atoms with Crippen molar-refractivity contribution in [2.75, 3.05) is 33.9 Å². The van der Waals surface area contributed by atoms with Gasteiger partial charge in [-0.15, -0.1) is 0 Å². The molecule has 0 radical (unpaired) electrons. The van der Waals surface area contributed by atoms with Gasteiger partial charge in [-0.05, 0) is 97.5 Å². The van der Waals surface area contributed by atoms with E-state index in [2.05, 4.69) is 55.5 Å². The summed E-state index contributed by atoms with van der Waals surface area (Å²) in [6, 6.07) is -1.25. The van der Waals surface area contributed by atoms with Crippen molar-refractivity contribution in [1.82, 2.24) is 40.4 Å². The van der Waals surface area contributed by atoms with Crippen molar-refractivity contribution in [1.29, 1.82) is 0 Å². The number of H-pyrrole nitrogens is 2. The number of aromatic amines is 2. The van der Waals surface area contributed by atoms with Gasteiger partial charge in [-0.1, -0.05) is 52.8 Å². The Labute approximate surface area is 330 Å². The lowest BCUT2D eigenvalue weighted by Gasteiger charge is -2.30. The highest BCUT2D eigenvalue weighted by molar-refractivity contribution is 5.87.